The Labute approximate surface area is 109 Å². The van der Waals surface area contributed by atoms with Crippen LogP contribution < -0.4 is 5.32 Å². The average Bonchev–Trinajstić information content (AvgIpc) is 3.12. The first kappa shape index (κ1) is 12.4. The first-order valence-electron chi connectivity index (χ1n) is 7.39. The molecule has 4 nitrogen and oxygen atoms in total. The molecule has 0 radical (unpaired) electrons. The number of hydrogen-bond donors (Lipinski definition) is 1. The topological polar surface area (TPSA) is 41.6 Å². The second kappa shape index (κ2) is 5.57. The van der Waals surface area contributed by atoms with Crippen molar-refractivity contribution in [3.05, 3.63) is 0 Å². The van der Waals surface area contributed by atoms with Crippen LogP contribution in [0.2, 0.25) is 0 Å². The molecule has 0 unspecified atom stereocenters. The molecule has 0 spiro atoms. The normalized spacial score (nSPS) is 32.1. The Balaban J connectivity index is 1.42. The summed E-state index contributed by atoms with van der Waals surface area (Å²) in [5.74, 6) is 2.52. The molecule has 4 heteroatoms. The molecule has 0 aromatic rings. The quantitative estimate of drug-likeness (QED) is 0.807. The van der Waals surface area contributed by atoms with E-state index in [2.05, 4.69) is 5.32 Å². The Morgan fingerprint density at radius 1 is 1.11 bits per heavy atom. The zero-order valence-corrected chi connectivity index (χ0v) is 11.1. The van der Waals surface area contributed by atoms with E-state index in [-0.39, 0.29) is 5.91 Å². The first-order valence-corrected chi connectivity index (χ1v) is 7.39. The van der Waals surface area contributed by atoms with Gasteiger partial charge in [-0.05, 0) is 56.5 Å². The summed E-state index contributed by atoms with van der Waals surface area (Å²) in [6, 6.07) is 0. The number of likely N-dealkylation sites (tertiary alicyclic amines) is 1. The maximum atomic E-state index is 12.1. The Hall–Kier alpha value is -0.610. The van der Waals surface area contributed by atoms with E-state index in [1.807, 2.05) is 4.90 Å². The third-order valence-corrected chi connectivity index (χ3v) is 4.65. The average molecular weight is 252 g/mol. The van der Waals surface area contributed by atoms with Gasteiger partial charge in [0.25, 0.3) is 0 Å². The van der Waals surface area contributed by atoms with E-state index in [1.165, 1.54) is 12.8 Å². The van der Waals surface area contributed by atoms with Crippen LogP contribution in [0.15, 0.2) is 0 Å². The van der Waals surface area contributed by atoms with E-state index in [0.717, 1.165) is 63.4 Å². The van der Waals surface area contributed by atoms with E-state index in [0.29, 0.717) is 6.61 Å². The second-order valence-corrected chi connectivity index (χ2v) is 6.10. The number of carbonyl (C=O) groups is 1. The van der Waals surface area contributed by atoms with Crippen LogP contribution in [0, 0.1) is 17.8 Å². The SMILES string of the molecule is O=C(COCC1CC1)N1CC[C@@H]2CNC[C@@H]2CC1. The molecule has 2 saturated heterocycles. The molecule has 0 bridgehead atoms. The van der Waals surface area contributed by atoms with Crippen molar-refractivity contribution in [1.29, 1.82) is 0 Å². The van der Waals surface area contributed by atoms with Crippen molar-refractivity contribution < 1.29 is 9.53 Å². The fourth-order valence-corrected chi connectivity index (χ4v) is 3.16. The van der Waals surface area contributed by atoms with Crippen molar-refractivity contribution in [1.82, 2.24) is 10.2 Å². The second-order valence-electron chi connectivity index (χ2n) is 6.10. The van der Waals surface area contributed by atoms with E-state index in [4.69, 9.17) is 4.74 Å². The number of nitrogens with zero attached hydrogens (tertiary/aromatic N) is 1. The molecule has 2 aliphatic heterocycles. The minimum Gasteiger partial charge on any atom is -0.371 e. The van der Waals surface area contributed by atoms with Gasteiger partial charge in [0, 0.05) is 13.1 Å². The van der Waals surface area contributed by atoms with Crippen molar-refractivity contribution in [3.63, 3.8) is 0 Å². The van der Waals surface area contributed by atoms with Gasteiger partial charge in [-0.25, -0.2) is 0 Å². The third kappa shape index (κ3) is 3.04. The zero-order chi connectivity index (χ0) is 12.4. The van der Waals surface area contributed by atoms with Crippen LogP contribution in [-0.4, -0.2) is 50.2 Å². The highest BCUT2D eigenvalue weighted by molar-refractivity contribution is 5.77. The monoisotopic (exact) mass is 252 g/mol. The van der Waals surface area contributed by atoms with E-state index in [1.54, 1.807) is 0 Å². The number of rotatable bonds is 4. The summed E-state index contributed by atoms with van der Waals surface area (Å²) < 4.78 is 5.50. The molecule has 1 N–H and O–H groups in total. The molecule has 18 heavy (non-hydrogen) atoms. The zero-order valence-electron chi connectivity index (χ0n) is 11.1. The molecule has 3 fully saturated rings. The van der Waals surface area contributed by atoms with Crippen LogP contribution in [-0.2, 0) is 9.53 Å². The van der Waals surface area contributed by atoms with Crippen molar-refractivity contribution >= 4 is 5.91 Å². The van der Waals surface area contributed by atoms with Crippen molar-refractivity contribution in [2.75, 3.05) is 39.4 Å². The molecule has 2 heterocycles. The number of carbonyl (C=O) groups excluding carboxylic acids is 1. The molecular weight excluding hydrogens is 228 g/mol. The summed E-state index contributed by atoms with van der Waals surface area (Å²) >= 11 is 0. The summed E-state index contributed by atoms with van der Waals surface area (Å²) in [6.07, 6.45) is 4.89. The number of amides is 1. The number of hydrogen-bond acceptors (Lipinski definition) is 3. The van der Waals surface area contributed by atoms with Gasteiger partial charge in [0.1, 0.15) is 6.61 Å². The Morgan fingerprint density at radius 3 is 2.39 bits per heavy atom. The first-order chi connectivity index (χ1) is 8.83. The van der Waals surface area contributed by atoms with Crippen LogP contribution in [0.25, 0.3) is 0 Å². The largest absolute Gasteiger partial charge is 0.371 e. The van der Waals surface area contributed by atoms with Crippen LogP contribution in [0.3, 0.4) is 0 Å². The lowest BCUT2D eigenvalue weighted by atomic mass is 9.92. The van der Waals surface area contributed by atoms with Crippen LogP contribution in [0.4, 0.5) is 0 Å². The van der Waals surface area contributed by atoms with E-state index >= 15 is 0 Å². The Kier molecular flexibility index (Phi) is 3.85. The van der Waals surface area contributed by atoms with E-state index < -0.39 is 0 Å². The van der Waals surface area contributed by atoms with Gasteiger partial charge in [-0.3, -0.25) is 4.79 Å². The van der Waals surface area contributed by atoms with Gasteiger partial charge in [0.15, 0.2) is 0 Å². The summed E-state index contributed by atoms with van der Waals surface area (Å²) in [4.78, 5) is 14.1. The standard InChI is InChI=1S/C14H24N2O2/c17-14(10-18-9-11-1-2-11)16-5-3-12-7-15-8-13(12)4-6-16/h11-13,15H,1-10H2/t12-,13+. The fourth-order valence-electron chi connectivity index (χ4n) is 3.16. The Morgan fingerprint density at radius 2 is 1.78 bits per heavy atom. The predicted molar refractivity (Wildman–Crippen MR) is 69.2 cm³/mol. The van der Waals surface area contributed by atoms with E-state index in [9.17, 15) is 4.79 Å². The van der Waals surface area contributed by atoms with Gasteiger partial charge in [0.05, 0.1) is 6.61 Å². The predicted octanol–water partition coefficient (Wildman–Crippen LogP) is 0.871. The molecule has 1 aliphatic carbocycles. The molecule has 3 aliphatic rings. The van der Waals surface area contributed by atoms with Crippen LogP contribution in [0.1, 0.15) is 25.7 Å². The summed E-state index contributed by atoms with van der Waals surface area (Å²) in [5, 5.41) is 3.46. The number of ether oxygens (including phenoxy) is 1. The minimum atomic E-state index is 0.198. The van der Waals surface area contributed by atoms with Crippen LogP contribution in [0.5, 0.6) is 0 Å². The maximum absolute atomic E-state index is 12.1. The summed E-state index contributed by atoms with van der Waals surface area (Å²) in [5.41, 5.74) is 0. The minimum absolute atomic E-state index is 0.198. The summed E-state index contributed by atoms with van der Waals surface area (Å²) in [7, 11) is 0. The molecule has 0 aromatic carbocycles. The smallest absolute Gasteiger partial charge is 0.248 e. The number of nitrogens with one attached hydrogen (secondary N) is 1. The molecule has 2 atom stereocenters. The molecule has 0 aromatic heterocycles. The Bertz CT molecular complexity index is 290. The van der Waals surface area contributed by atoms with Crippen molar-refractivity contribution in [2.24, 2.45) is 17.8 Å². The molecule has 102 valence electrons. The lowest BCUT2D eigenvalue weighted by Crippen LogP contribution is -2.35. The fraction of sp³-hybridized carbons (Fsp3) is 0.929. The van der Waals surface area contributed by atoms with Gasteiger partial charge in [-0.1, -0.05) is 0 Å². The molecule has 1 amide bonds. The number of fused-ring (bicyclic) bond motifs is 1. The van der Waals surface area contributed by atoms with Crippen molar-refractivity contribution in [2.45, 2.75) is 25.7 Å². The van der Waals surface area contributed by atoms with Crippen molar-refractivity contribution in [3.8, 4) is 0 Å². The lowest BCUT2D eigenvalue weighted by Gasteiger charge is -2.20. The van der Waals surface area contributed by atoms with Gasteiger partial charge < -0.3 is 15.0 Å². The van der Waals surface area contributed by atoms with Gasteiger partial charge in [-0.2, -0.15) is 0 Å². The maximum Gasteiger partial charge on any atom is 0.248 e. The molecule has 1 saturated carbocycles. The highest BCUT2D eigenvalue weighted by atomic mass is 16.5. The van der Waals surface area contributed by atoms with Gasteiger partial charge in [0.2, 0.25) is 5.91 Å². The summed E-state index contributed by atoms with van der Waals surface area (Å²) in [6.45, 7) is 5.22. The van der Waals surface area contributed by atoms with Gasteiger partial charge >= 0.3 is 0 Å². The molecule has 3 rings (SSSR count). The van der Waals surface area contributed by atoms with Gasteiger partial charge in [-0.15, -0.1) is 0 Å². The molecular formula is C14H24N2O2. The third-order valence-electron chi connectivity index (χ3n) is 4.65. The highest BCUT2D eigenvalue weighted by Crippen LogP contribution is 2.29. The highest BCUT2D eigenvalue weighted by Gasteiger charge is 2.31. The lowest BCUT2D eigenvalue weighted by molar-refractivity contribution is -0.136. The van der Waals surface area contributed by atoms with Crippen LogP contribution >= 0.6 is 0 Å².